The summed E-state index contributed by atoms with van der Waals surface area (Å²) in [4.78, 5) is 27.5. The molecular formula is C15H28N2O3S. The van der Waals surface area contributed by atoms with Gasteiger partial charge in [0, 0.05) is 18.8 Å². The minimum Gasteiger partial charge on any atom is -0.480 e. The quantitative estimate of drug-likeness (QED) is 0.869. The monoisotopic (exact) mass is 316 g/mol. The number of amides is 2. The van der Waals surface area contributed by atoms with Gasteiger partial charge in [0.2, 0.25) is 0 Å². The summed E-state index contributed by atoms with van der Waals surface area (Å²) in [6.07, 6.45) is 0. The first kappa shape index (κ1) is 18.1. The smallest absolute Gasteiger partial charge is 0.327 e. The molecule has 21 heavy (non-hydrogen) atoms. The second kappa shape index (κ2) is 6.46. The lowest BCUT2D eigenvalue weighted by Gasteiger charge is -2.40. The number of carboxylic acid groups (broad SMARTS) is 1. The Balaban J connectivity index is 3.02. The van der Waals surface area contributed by atoms with Crippen molar-refractivity contribution in [3.8, 4) is 0 Å². The number of carbonyl (C=O) groups is 2. The molecule has 1 N–H and O–H groups in total. The van der Waals surface area contributed by atoms with Gasteiger partial charge in [-0.1, -0.05) is 34.6 Å². The fourth-order valence-corrected chi connectivity index (χ4v) is 3.87. The molecule has 3 atom stereocenters. The van der Waals surface area contributed by atoms with Gasteiger partial charge in [0.15, 0.2) is 0 Å². The third kappa shape index (κ3) is 3.84. The first-order chi connectivity index (χ1) is 9.48. The summed E-state index contributed by atoms with van der Waals surface area (Å²) in [5.74, 6) is -0.237. The number of aliphatic carboxylic acids is 1. The van der Waals surface area contributed by atoms with Crippen molar-refractivity contribution in [2.24, 2.45) is 11.3 Å². The van der Waals surface area contributed by atoms with E-state index in [1.54, 1.807) is 28.6 Å². The molecule has 2 amide bonds. The zero-order chi connectivity index (χ0) is 16.5. The molecule has 0 radical (unpaired) electrons. The third-order valence-corrected chi connectivity index (χ3v) is 5.87. The summed E-state index contributed by atoms with van der Waals surface area (Å²) in [5.41, 5.74) is -0.0523. The van der Waals surface area contributed by atoms with Gasteiger partial charge in [-0.05, 0) is 18.3 Å². The topological polar surface area (TPSA) is 60.9 Å². The Morgan fingerprint density at radius 1 is 1.29 bits per heavy atom. The molecule has 1 fully saturated rings. The molecule has 0 saturated carbocycles. The lowest BCUT2D eigenvalue weighted by atomic mass is 9.87. The number of carbonyl (C=O) groups excluding carboxylic acids is 1. The van der Waals surface area contributed by atoms with Crippen molar-refractivity contribution in [3.05, 3.63) is 0 Å². The second-order valence-electron chi connectivity index (χ2n) is 7.16. The first-order valence-electron chi connectivity index (χ1n) is 7.38. The molecule has 3 unspecified atom stereocenters. The van der Waals surface area contributed by atoms with E-state index in [4.69, 9.17) is 0 Å². The fourth-order valence-electron chi connectivity index (χ4n) is 2.40. The predicted molar refractivity (Wildman–Crippen MR) is 86.4 cm³/mol. The van der Waals surface area contributed by atoms with E-state index in [1.165, 1.54) is 0 Å². The lowest BCUT2D eigenvalue weighted by molar-refractivity contribution is -0.141. The Kier molecular flexibility index (Phi) is 5.58. The Hall–Kier alpha value is -0.910. The number of hydrogen-bond acceptors (Lipinski definition) is 3. The van der Waals surface area contributed by atoms with Crippen LogP contribution in [0.15, 0.2) is 0 Å². The summed E-state index contributed by atoms with van der Waals surface area (Å²) in [6, 6.07) is -0.893. The number of rotatable bonds is 3. The van der Waals surface area contributed by atoms with Gasteiger partial charge in [-0.25, -0.2) is 9.59 Å². The molecule has 0 aromatic heterocycles. The van der Waals surface area contributed by atoms with E-state index >= 15 is 0 Å². The van der Waals surface area contributed by atoms with Crippen LogP contribution in [0.2, 0.25) is 0 Å². The average Bonchev–Trinajstić information content (AvgIpc) is 2.79. The minimum absolute atomic E-state index is 0.0258. The van der Waals surface area contributed by atoms with E-state index < -0.39 is 12.0 Å². The summed E-state index contributed by atoms with van der Waals surface area (Å²) >= 11 is 1.56. The van der Waals surface area contributed by atoms with Crippen LogP contribution in [0.25, 0.3) is 0 Å². The minimum atomic E-state index is -0.921. The van der Waals surface area contributed by atoms with Crippen molar-refractivity contribution in [3.63, 3.8) is 0 Å². The second-order valence-corrected chi connectivity index (χ2v) is 8.31. The van der Waals surface area contributed by atoms with Gasteiger partial charge >= 0.3 is 12.0 Å². The number of nitrogens with zero attached hydrogens (tertiary/aromatic N) is 2. The zero-order valence-electron chi connectivity index (χ0n) is 14.1. The molecular weight excluding hydrogens is 288 g/mol. The van der Waals surface area contributed by atoms with E-state index in [0.29, 0.717) is 5.75 Å². The molecule has 1 saturated heterocycles. The Bertz CT molecular complexity index is 406. The number of carboxylic acids is 1. The number of urea groups is 1. The van der Waals surface area contributed by atoms with Crippen molar-refractivity contribution < 1.29 is 14.7 Å². The van der Waals surface area contributed by atoms with Crippen LogP contribution in [0, 0.1) is 11.3 Å². The van der Waals surface area contributed by atoms with E-state index in [2.05, 4.69) is 20.8 Å². The molecule has 0 aromatic rings. The number of hydrogen-bond donors (Lipinski definition) is 1. The Morgan fingerprint density at radius 2 is 1.81 bits per heavy atom. The van der Waals surface area contributed by atoms with Crippen LogP contribution in [-0.4, -0.2) is 57.2 Å². The molecule has 5 nitrogen and oxygen atoms in total. The van der Waals surface area contributed by atoms with Crippen LogP contribution in [-0.2, 0) is 4.79 Å². The first-order valence-corrected chi connectivity index (χ1v) is 8.42. The summed E-state index contributed by atoms with van der Waals surface area (Å²) < 4.78 is 0. The van der Waals surface area contributed by atoms with Crippen molar-refractivity contribution in [2.45, 2.75) is 59.0 Å². The maximum Gasteiger partial charge on any atom is 0.327 e. The summed E-state index contributed by atoms with van der Waals surface area (Å²) in [7, 11) is 1.76. The standard InChI is InChI=1S/C15H28N2O3S/c1-9(2)12-17(11(8-21-12)13(18)19)14(20)16(7)10(3)15(4,5)6/h9-12H,8H2,1-7H3,(H,18,19). The van der Waals surface area contributed by atoms with Crippen molar-refractivity contribution in [1.29, 1.82) is 0 Å². The van der Waals surface area contributed by atoms with Gasteiger partial charge in [0.05, 0.1) is 5.37 Å². The van der Waals surface area contributed by atoms with Gasteiger partial charge in [0.1, 0.15) is 6.04 Å². The molecule has 0 aliphatic carbocycles. The average molecular weight is 316 g/mol. The lowest BCUT2D eigenvalue weighted by Crippen LogP contribution is -2.55. The summed E-state index contributed by atoms with van der Waals surface area (Å²) in [6.45, 7) is 12.3. The van der Waals surface area contributed by atoms with Gasteiger partial charge in [0.25, 0.3) is 0 Å². The largest absolute Gasteiger partial charge is 0.480 e. The van der Waals surface area contributed by atoms with Gasteiger partial charge in [-0.2, -0.15) is 0 Å². The van der Waals surface area contributed by atoms with Crippen LogP contribution in [0.5, 0.6) is 0 Å². The molecule has 0 bridgehead atoms. The molecule has 0 aromatic carbocycles. The van der Waals surface area contributed by atoms with Crippen LogP contribution < -0.4 is 0 Å². The van der Waals surface area contributed by atoms with E-state index in [1.807, 2.05) is 20.8 Å². The van der Waals surface area contributed by atoms with E-state index in [-0.39, 0.29) is 28.8 Å². The molecule has 1 aliphatic heterocycles. The van der Waals surface area contributed by atoms with Gasteiger partial charge < -0.3 is 10.0 Å². The van der Waals surface area contributed by atoms with Crippen molar-refractivity contribution in [1.82, 2.24) is 9.80 Å². The van der Waals surface area contributed by atoms with Crippen molar-refractivity contribution in [2.75, 3.05) is 12.8 Å². The molecule has 6 heteroatoms. The number of thioether (sulfide) groups is 1. The fraction of sp³-hybridized carbons (Fsp3) is 0.867. The van der Waals surface area contributed by atoms with E-state index in [9.17, 15) is 14.7 Å². The molecule has 122 valence electrons. The molecule has 1 rings (SSSR count). The van der Waals surface area contributed by atoms with Crippen LogP contribution in [0.1, 0.15) is 41.5 Å². The Labute approximate surface area is 132 Å². The van der Waals surface area contributed by atoms with Crippen LogP contribution in [0.4, 0.5) is 4.79 Å². The molecule has 1 heterocycles. The maximum atomic E-state index is 12.8. The SMILES string of the molecule is CC(C)C1SCC(C(=O)O)N1C(=O)N(C)C(C)C(C)(C)C. The Morgan fingerprint density at radius 3 is 2.19 bits per heavy atom. The predicted octanol–water partition coefficient (Wildman–Crippen LogP) is 2.96. The van der Waals surface area contributed by atoms with Crippen LogP contribution >= 0.6 is 11.8 Å². The van der Waals surface area contributed by atoms with Crippen LogP contribution in [0.3, 0.4) is 0 Å². The normalized spacial score (nSPS) is 24.3. The van der Waals surface area contributed by atoms with Gasteiger partial charge in [-0.15, -0.1) is 11.8 Å². The highest BCUT2D eigenvalue weighted by atomic mass is 32.2. The van der Waals surface area contributed by atoms with Crippen molar-refractivity contribution >= 4 is 23.8 Å². The highest BCUT2D eigenvalue weighted by Gasteiger charge is 2.45. The third-order valence-electron chi connectivity index (χ3n) is 4.25. The molecule has 1 aliphatic rings. The maximum absolute atomic E-state index is 12.8. The summed E-state index contributed by atoms with van der Waals surface area (Å²) in [5, 5.41) is 9.31. The van der Waals surface area contributed by atoms with Gasteiger partial charge in [-0.3, -0.25) is 4.90 Å². The highest BCUT2D eigenvalue weighted by molar-refractivity contribution is 8.00. The zero-order valence-corrected chi connectivity index (χ0v) is 14.9. The molecule has 0 spiro atoms. The highest BCUT2D eigenvalue weighted by Crippen LogP contribution is 2.35. The van der Waals surface area contributed by atoms with E-state index in [0.717, 1.165) is 0 Å².